The molecule has 0 saturated carbocycles. The third-order valence-electron chi connectivity index (χ3n) is 3.77. The van der Waals surface area contributed by atoms with E-state index in [1.165, 1.54) is 0 Å². The molecule has 0 aliphatic rings. The van der Waals surface area contributed by atoms with Gasteiger partial charge in [0, 0.05) is 11.5 Å². The second-order valence-corrected chi connectivity index (χ2v) is 5.03. The van der Waals surface area contributed by atoms with Crippen molar-refractivity contribution in [3.05, 3.63) is 71.8 Å². The van der Waals surface area contributed by atoms with E-state index in [9.17, 15) is 10.2 Å². The predicted molar refractivity (Wildman–Crippen MR) is 81.2 cm³/mol. The summed E-state index contributed by atoms with van der Waals surface area (Å²) in [6, 6.07) is 18.9. The van der Waals surface area contributed by atoms with Crippen LogP contribution in [0.3, 0.4) is 0 Å². The highest BCUT2D eigenvalue weighted by molar-refractivity contribution is 5.88. The van der Waals surface area contributed by atoms with Crippen LogP contribution in [0.5, 0.6) is 11.5 Å². The number of hydrogen-bond donors (Lipinski definition) is 2. The van der Waals surface area contributed by atoms with E-state index < -0.39 is 0 Å². The molecular weight excluding hydrogens is 248 g/mol. The second-order valence-electron chi connectivity index (χ2n) is 5.03. The number of hydrogen-bond acceptors (Lipinski definition) is 2. The quantitative estimate of drug-likeness (QED) is 0.720. The van der Waals surface area contributed by atoms with E-state index in [-0.39, 0.29) is 11.7 Å². The normalized spacial score (nSPS) is 12.4. The Bertz CT molecular complexity index is 745. The zero-order valence-electron chi connectivity index (χ0n) is 11.2. The van der Waals surface area contributed by atoms with Gasteiger partial charge >= 0.3 is 0 Å². The Morgan fingerprint density at radius 3 is 2.25 bits per heavy atom. The van der Waals surface area contributed by atoms with Crippen LogP contribution < -0.4 is 0 Å². The Labute approximate surface area is 117 Å². The molecule has 0 radical (unpaired) electrons. The highest BCUT2D eigenvalue weighted by atomic mass is 16.3. The van der Waals surface area contributed by atoms with Gasteiger partial charge in [-0.3, -0.25) is 0 Å². The van der Waals surface area contributed by atoms with Crippen molar-refractivity contribution in [2.45, 2.75) is 12.8 Å². The number of fused-ring (bicyclic) bond motifs is 1. The van der Waals surface area contributed by atoms with E-state index in [4.69, 9.17) is 0 Å². The topological polar surface area (TPSA) is 40.5 Å². The number of aromatic hydroxyl groups is 2. The molecule has 2 N–H and O–H groups in total. The summed E-state index contributed by atoms with van der Waals surface area (Å²) in [6.45, 7) is 2.06. The van der Waals surface area contributed by atoms with Gasteiger partial charge in [-0.15, -0.1) is 0 Å². The summed E-state index contributed by atoms with van der Waals surface area (Å²) in [4.78, 5) is 0. The highest BCUT2D eigenvalue weighted by Gasteiger charge is 2.15. The van der Waals surface area contributed by atoms with Crippen LogP contribution in [0.4, 0.5) is 0 Å². The maximum absolute atomic E-state index is 10.2. The van der Waals surface area contributed by atoms with Gasteiger partial charge in [0.2, 0.25) is 0 Å². The van der Waals surface area contributed by atoms with Gasteiger partial charge in [-0.2, -0.15) is 0 Å². The van der Waals surface area contributed by atoms with Crippen LogP contribution in [0.1, 0.15) is 24.0 Å². The molecular formula is C18H16O2. The lowest BCUT2D eigenvalue weighted by Gasteiger charge is -2.17. The molecule has 1 unspecified atom stereocenters. The predicted octanol–water partition coefficient (Wildman–Crippen LogP) is 4.40. The SMILES string of the molecule is CC(c1ccc(O)cc1)c1c(O)ccc2ccccc12. The Kier molecular flexibility index (Phi) is 3.07. The van der Waals surface area contributed by atoms with Crippen LogP contribution in [-0.2, 0) is 0 Å². The van der Waals surface area contributed by atoms with Crippen LogP contribution in [0, 0.1) is 0 Å². The Morgan fingerprint density at radius 2 is 1.50 bits per heavy atom. The van der Waals surface area contributed by atoms with E-state index in [1.54, 1.807) is 18.2 Å². The molecule has 1 atom stereocenters. The minimum absolute atomic E-state index is 0.0571. The van der Waals surface area contributed by atoms with Crippen LogP contribution in [-0.4, -0.2) is 10.2 Å². The molecule has 2 heteroatoms. The summed E-state index contributed by atoms with van der Waals surface area (Å²) in [5.74, 6) is 0.620. The van der Waals surface area contributed by atoms with E-state index in [0.29, 0.717) is 5.75 Å². The van der Waals surface area contributed by atoms with E-state index in [2.05, 4.69) is 6.92 Å². The van der Waals surface area contributed by atoms with Crippen molar-refractivity contribution in [3.8, 4) is 11.5 Å². The molecule has 0 aromatic heterocycles. The summed E-state index contributed by atoms with van der Waals surface area (Å²) in [5, 5.41) is 21.8. The molecule has 3 rings (SSSR count). The van der Waals surface area contributed by atoms with Crippen molar-refractivity contribution in [1.82, 2.24) is 0 Å². The smallest absolute Gasteiger partial charge is 0.120 e. The fraction of sp³-hybridized carbons (Fsp3) is 0.111. The van der Waals surface area contributed by atoms with Crippen molar-refractivity contribution in [2.75, 3.05) is 0 Å². The first kappa shape index (κ1) is 12.5. The first-order valence-corrected chi connectivity index (χ1v) is 6.66. The zero-order chi connectivity index (χ0) is 14.1. The lowest BCUT2D eigenvalue weighted by molar-refractivity contribution is 0.467. The summed E-state index contributed by atoms with van der Waals surface area (Å²) in [6.07, 6.45) is 0. The van der Waals surface area contributed by atoms with Gasteiger partial charge in [0.1, 0.15) is 11.5 Å². The molecule has 3 aromatic carbocycles. The largest absolute Gasteiger partial charge is 0.508 e. The maximum Gasteiger partial charge on any atom is 0.120 e. The van der Waals surface area contributed by atoms with Gasteiger partial charge in [0.25, 0.3) is 0 Å². The molecule has 0 amide bonds. The Morgan fingerprint density at radius 1 is 0.800 bits per heavy atom. The molecule has 0 saturated heterocycles. The lowest BCUT2D eigenvalue weighted by atomic mass is 9.88. The van der Waals surface area contributed by atoms with Gasteiger partial charge < -0.3 is 10.2 Å². The highest BCUT2D eigenvalue weighted by Crippen LogP contribution is 2.37. The fourth-order valence-electron chi connectivity index (χ4n) is 2.67. The van der Waals surface area contributed by atoms with Gasteiger partial charge in [-0.25, -0.2) is 0 Å². The van der Waals surface area contributed by atoms with Gasteiger partial charge in [0.15, 0.2) is 0 Å². The molecule has 0 heterocycles. The summed E-state index contributed by atoms with van der Waals surface area (Å²) in [5.41, 5.74) is 1.99. The molecule has 0 bridgehead atoms. The van der Waals surface area contributed by atoms with Crippen molar-refractivity contribution in [1.29, 1.82) is 0 Å². The number of phenols is 2. The minimum Gasteiger partial charge on any atom is -0.508 e. The van der Waals surface area contributed by atoms with Crippen LogP contribution >= 0.6 is 0 Å². The summed E-state index contributed by atoms with van der Waals surface area (Å²) < 4.78 is 0. The van der Waals surface area contributed by atoms with E-state index in [1.807, 2.05) is 42.5 Å². The number of phenolic OH excluding ortho intramolecular Hbond substituents is 2. The number of benzene rings is 3. The average molecular weight is 264 g/mol. The van der Waals surface area contributed by atoms with Crippen molar-refractivity contribution < 1.29 is 10.2 Å². The fourth-order valence-corrected chi connectivity index (χ4v) is 2.67. The number of rotatable bonds is 2. The molecule has 3 aromatic rings. The summed E-state index contributed by atoms with van der Waals surface area (Å²) in [7, 11) is 0. The van der Waals surface area contributed by atoms with Crippen molar-refractivity contribution >= 4 is 10.8 Å². The Balaban J connectivity index is 2.18. The third-order valence-corrected chi connectivity index (χ3v) is 3.77. The molecule has 100 valence electrons. The van der Waals surface area contributed by atoms with Crippen LogP contribution in [0.15, 0.2) is 60.7 Å². The first-order chi connectivity index (χ1) is 9.66. The van der Waals surface area contributed by atoms with Crippen LogP contribution in [0.2, 0.25) is 0 Å². The average Bonchev–Trinajstić information content (AvgIpc) is 2.47. The lowest BCUT2D eigenvalue weighted by Crippen LogP contribution is -1.97. The van der Waals surface area contributed by atoms with E-state index in [0.717, 1.165) is 21.9 Å². The van der Waals surface area contributed by atoms with Crippen molar-refractivity contribution in [2.24, 2.45) is 0 Å². The van der Waals surface area contributed by atoms with E-state index >= 15 is 0 Å². The molecule has 2 nitrogen and oxygen atoms in total. The maximum atomic E-state index is 10.2. The monoisotopic (exact) mass is 264 g/mol. The van der Waals surface area contributed by atoms with Crippen molar-refractivity contribution in [3.63, 3.8) is 0 Å². The zero-order valence-corrected chi connectivity index (χ0v) is 11.2. The van der Waals surface area contributed by atoms with Crippen LogP contribution in [0.25, 0.3) is 10.8 Å². The standard InChI is InChI=1S/C18H16O2/c1-12(13-6-9-15(19)10-7-13)18-16-5-3-2-4-14(16)8-11-17(18)20/h2-12,19-20H,1H3. The van der Waals surface area contributed by atoms with Gasteiger partial charge in [-0.1, -0.05) is 49.4 Å². The molecule has 20 heavy (non-hydrogen) atoms. The van der Waals surface area contributed by atoms with Gasteiger partial charge in [-0.05, 0) is 34.5 Å². The second kappa shape index (κ2) is 4.89. The Hall–Kier alpha value is -2.48. The first-order valence-electron chi connectivity index (χ1n) is 6.66. The molecule has 0 fully saturated rings. The summed E-state index contributed by atoms with van der Waals surface area (Å²) >= 11 is 0. The molecule has 0 aliphatic heterocycles. The third kappa shape index (κ3) is 2.10. The molecule has 0 aliphatic carbocycles. The molecule has 0 spiro atoms. The minimum atomic E-state index is 0.0571. The van der Waals surface area contributed by atoms with Gasteiger partial charge in [0.05, 0.1) is 0 Å².